The summed E-state index contributed by atoms with van der Waals surface area (Å²) in [6.07, 6.45) is 0.753. The number of nitrogens with one attached hydrogen (secondary N) is 1. The molecule has 1 atom stereocenters. The van der Waals surface area contributed by atoms with Crippen molar-refractivity contribution in [3.8, 4) is 11.1 Å². The second kappa shape index (κ2) is 7.61. The lowest BCUT2D eigenvalue weighted by Gasteiger charge is -2.10. The number of benzene rings is 2. The topological polar surface area (TPSA) is 66.4 Å². The van der Waals surface area contributed by atoms with E-state index in [0.29, 0.717) is 34.6 Å². The molecule has 1 amide bonds. The summed E-state index contributed by atoms with van der Waals surface area (Å²) in [5, 5.41) is 15.0. The van der Waals surface area contributed by atoms with Crippen LogP contribution in [0.25, 0.3) is 11.1 Å². The summed E-state index contributed by atoms with van der Waals surface area (Å²) in [5.41, 5.74) is 3.50. The van der Waals surface area contributed by atoms with Crippen molar-refractivity contribution in [3.05, 3.63) is 74.9 Å². The van der Waals surface area contributed by atoms with Gasteiger partial charge >= 0.3 is 5.97 Å². The van der Waals surface area contributed by atoms with Crippen LogP contribution in [0, 0.1) is 18.7 Å². The Balaban J connectivity index is 1.59. The highest BCUT2D eigenvalue weighted by Crippen LogP contribution is 2.37. The van der Waals surface area contributed by atoms with E-state index in [1.165, 1.54) is 6.07 Å². The molecule has 3 aromatic rings. The van der Waals surface area contributed by atoms with Gasteiger partial charge in [0.05, 0.1) is 0 Å². The van der Waals surface area contributed by atoms with E-state index in [1.807, 2.05) is 13.0 Å². The summed E-state index contributed by atoms with van der Waals surface area (Å²) in [6.45, 7) is 1.82. The SMILES string of the molecule is Cc1cc(F)c2c(c1)CC(C(=O)Nc1scc(-c3ccc(Cl)cc3)c1C(=O)O)C2. The van der Waals surface area contributed by atoms with Gasteiger partial charge in [0.15, 0.2) is 0 Å². The van der Waals surface area contributed by atoms with E-state index in [-0.39, 0.29) is 22.3 Å². The second-order valence-corrected chi connectivity index (χ2v) is 8.46. The van der Waals surface area contributed by atoms with Gasteiger partial charge in [-0.25, -0.2) is 9.18 Å². The van der Waals surface area contributed by atoms with Gasteiger partial charge in [-0.15, -0.1) is 11.3 Å². The summed E-state index contributed by atoms with van der Waals surface area (Å²) in [7, 11) is 0. The monoisotopic (exact) mass is 429 g/mol. The van der Waals surface area contributed by atoms with E-state index >= 15 is 0 Å². The van der Waals surface area contributed by atoms with E-state index in [9.17, 15) is 19.1 Å². The Bertz CT molecular complexity index is 1120. The van der Waals surface area contributed by atoms with Crippen molar-refractivity contribution >= 4 is 39.8 Å². The third-order valence-electron chi connectivity index (χ3n) is 5.12. The molecule has 0 bridgehead atoms. The maximum Gasteiger partial charge on any atom is 0.339 e. The van der Waals surface area contributed by atoms with Crippen LogP contribution in [0.15, 0.2) is 41.8 Å². The fourth-order valence-electron chi connectivity index (χ4n) is 3.74. The van der Waals surface area contributed by atoms with Gasteiger partial charge in [-0.3, -0.25) is 4.79 Å². The number of thiophene rings is 1. The number of amides is 1. The Labute approximate surface area is 176 Å². The first-order chi connectivity index (χ1) is 13.8. The van der Waals surface area contributed by atoms with Gasteiger partial charge in [0.2, 0.25) is 5.91 Å². The molecule has 1 unspecified atom stereocenters. The smallest absolute Gasteiger partial charge is 0.339 e. The number of aryl methyl sites for hydroxylation is 1. The zero-order chi connectivity index (χ0) is 20.7. The van der Waals surface area contributed by atoms with Crippen molar-refractivity contribution in [2.45, 2.75) is 19.8 Å². The molecular formula is C22H17ClFNO3S. The lowest BCUT2D eigenvalue weighted by atomic mass is 10.0. The average Bonchev–Trinajstić information content (AvgIpc) is 3.27. The minimum atomic E-state index is -1.12. The maximum atomic E-state index is 14.2. The van der Waals surface area contributed by atoms with Gasteiger partial charge in [-0.2, -0.15) is 0 Å². The number of carboxylic acids is 1. The van der Waals surface area contributed by atoms with Crippen molar-refractivity contribution < 1.29 is 19.1 Å². The molecule has 2 aromatic carbocycles. The van der Waals surface area contributed by atoms with Crippen LogP contribution in [0.4, 0.5) is 9.39 Å². The second-order valence-electron chi connectivity index (χ2n) is 7.14. The Morgan fingerprint density at radius 3 is 2.62 bits per heavy atom. The van der Waals surface area contributed by atoms with Crippen LogP contribution in [-0.2, 0) is 17.6 Å². The molecular weight excluding hydrogens is 413 g/mol. The lowest BCUT2D eigenvalue weighted by molar-refractivity contribution is -0.119. The van der Waals surface area contributed by atoms with Crippen LogP contribution < -0.4 is 5.32 Å². The maximum absolute atomic E-state index is 14.2. The van der Waals surface area contributed by atoms with Gasteiger partial charge < -0.3 is 10.4 Å². The first-order valence-electron chi connectivity index (χ1n) is 9.03. The number of anilines is 1. The van der Waals surface area contributed by atoms with Crippen LogP contribution in [0.5, 0.6) is 0 Å². The van der Waals surface area contributed by atoms with E-state index in [0.717, 1.165) is 22.5 Å². The number of halogens is 2. The number of carbonyl (C=O) groups is 2. The molecule has 0 saturated carbocycles. The molecule has 0 radical (unpaired) electrons. The van der Waals surface area contributed by atoms with E-state index in [4.69, 9.17) is 11.6 Å². The lowest BCUT2D eigenvalue weighted by Crippen LogP contribution is -2.23. The molecule has 4 rings (SSSR count). The van der Waals surface area contributed by atoms with Gasteiger partial charge in [0, 0.05) is 21.9 Å². The number of hydrogen-bond acceptors (Lipinski definition) is 3. The van der Waals surface area contributed by atoms with Crippen LogP contribution in [-0.4, -0.2) is 17.0 Å². The number of aromatic carboxylic acids is 1. The minimum absolute atomic E-state index is 0.0446. The number of carbonyl (C=O) groups excluding carboxylic acids is 1. The zero-order valence-corrected chi connectivity index (χ0v) is 17.0. The molecule has 148 valence electrons. The van der Waals surface area contributed by atoms with Crippen LogP contribution >= 0.6 is 22.9 Å². The molecule has 2 N–H and O–H groups in total. The molecule has 0 aliphatic heterocycles. The van der Waals surface area contributed by atoms with Crippen LogP contribution in [0.3, 0.4) is 0 Å². The van der Waals surface area contributed by atoms with Crippen molar-refractivity contribution in [2.24, 2.45) is 5.92 Å². The number of carboxylic acid groups (broad SMARTS) is 1. The highest BCUT2D eigenvalue weighted by atomic mass is 35.5. The Hall–Kier alpha value is -2.70. The molecule has 1 heterocycles. The highest BCUT2D eigenvalue weighted by Gasteiger charge is 2.31. The summed E-state index contributed by atoms with van der Waals surface area (Å²) in [6, 6.07) is 10.2. The number of hydrogen-bond donors (Lipinski definition) is 2. The van der Waals surface area contributed by atoms with Crippen LogP contribution in [0.1, 0.15) is 27.0 Å². The fraction of sp³-hybridized carbons (Fsp3) is 0.182. The fourth-order valence-corrected chi connectivity index (χ4v) is 4.83. The van der Waals surface area contributed by atoms with Crippen molar-refractivity contribution in [2.75, 3.05) is 5.32 Å². The summed E-state index contributed by atoms with van der Waals surface area (Å²) in [5.74, 6) is -2.14. The number of rotatable bonds is 4. The molecule has 4 nitrogen and oxygen atoms in total. The molecule has 7 heteroatoms. The molecule has 1 aliphatic rings. The quantitative estimate of drug-likeness (QED) is 0.570. The summed E-state index contributed by atoms with van der Waals surface area (Å²) < 4.78 is 14.2. The zero-order valence-electron chi connectivity index (χ0n) is 15.5. The van der Waals surface area contributed by atoms with E-state index in [1.54, 1.807) is 29.6 Å². The third kappa shape index (κ3) is 3.78. The summed E-state index contributed by atoms with van der Waals surface area (Å²) >= 11 is 7.07. The number of fused-ring (bicyclic) bond motifs is 1. The molecule has 1 aromatic heterocycles. The molecule has 0 spiro atoms. The normalized spacial score (nSPS) is 15.2. The van der Waals surface area contributed by atoms with Gasteiger partial charge in [0.1, 0.15) is 16.4 Å². The van der Waals surface area contributed by atoms with Crippen LogP contribution in [0.2, 0.25) is 5.02 Å². The highest BCUT2D eigenvalue weighted by molar-refractivity contribution is 7.15. The Morgan fingerprint density at radius 2 is 1.93 bits per heavy atom. The predicted octanol–water partition coefficient (Wildman–Crippen LogP) is 5.57. The molecule has 0 saturated heterocycles. The van der Waals surface area contributed by atoms with Gasteiger partial charge in [0.25, 0.3) is 0 Å². The van der Waals surface area contributed by atoms with Gasteiger partial charge in [-0.1, -0.05) is 29.8 Å². The van der Waals surface area contributed by atoms with E-state index < -0.39 is 11.9 Å². The van der Waals surface area contributed by atoms with Crippen molar-refractivity contribution in [1.82, 2.24) is 0 Å². The molecule has 1 aliphatic carbocycles. The molecule has 29 heavy (non-hydrogen) atoms. The Kier molecular flexibility index (Phi) is 5.15. The Morgan fingerprint density at radius 1 is 1.21 bits per heavy atom. The van der Waals surface area contributed by atoms with E-state index in [2.05, 4.69) is 5.32 Å². The third-order valence-corrected chi connectivity index (χ3v) is 6.26. The first-order valence-corrected chi connectivity index (χ1v) is 10.3. The largest absolute Gasteiger partial charge is 0.478 e. The van der Waals surface area contributed by atoms with Crippen molar-refractivity contribution in [3.63, 3.8) is 0 Å². The minimum Gasteiger partial charge on any atom is -0.478 e. The predicted molar refractivity (Wildman–Crippen MR) is 112 cm³/mol. The van der Waals surface area contributed by atoms with Crippen molar-refractivity contribution in [1.29, 1.82) is 0 Å². The first kappa shape index (κ1) is 19.6. The summed E-state index contributed by atoms with van der Waals surface area (Å²) in [4.78, 5) is 24.7. The average molecular weight is 430 g/mol. The van der Waals surface area contributed by atoms with Gasteiger partial charge in [-0.05, 0) is 60.2 Å². The molecule has 0 fully saturated rings. The standard InChI is InChI=1S/C22H17ClFNO3S/c1-11-6-13-8-14(9-16(13)18(24)7-11)20(26)25-21-19(22(27)28)17(10-29-21)12-2-4-15(23)5-3-12/h2-7,10,14H,8-9H2,1H3,(H,25,26)(H,27,28).